The average molecular weight is 1450 g/mol. The van der Waals surface area contributed by atoms with E-state index in [1.165, 1.54) is 11.9 Å². The first-order valence-corrected chi connectivity index (χ1v) is 35.4. The Labute approximate surface area is 650 Å². The van der Waals surface area contributed by atoms with Crippen LogP contribution < -0.4 is 0 Å². The lowest BCUT2D eigenvalue weighted by molar-refractivity contribution is 0.544. The van der Waals surface area contributed by atoms with Crippen molar-refractivity contribution in [3.63, 3.8) is 0 Å². The molecule has 0 bridgehead atoms. The van der Waals surface area contributed by atoms with Crippen molar-refractivity contribution < 1.29 is 0 Å². The molecule has 0 saturated heterocycles. The predicted molar refractivity (Wildman–Crippen MR) is 451 cm³/mol. The van der Waals surface area contributed by atoms with Gasteiger partial charge < -0.3 is 0 Å². The topological polar surface area (TPSA) is 193 Å². The Balaban J connectivity index is 0.000000607. The number of rotatable bonds is 3. The van der Waals surface area contributed by atoms with Crippen molar-refractivity contribution in [3.05, 3.63) is 251 Å². The van der Waals surface area contributed by atoms with Crippen LogP contribution in [0, 0.1) is 74.1 Å². The molecule has 0 aliphatic rings. The summed E-state index contributed by atoms with van der Waals surface area (Å²) in [4.78, 5) is 62.2. The van der Waals surface area contributed by atoms with E-state index in [-0.39, 0.29) is 48.7 Å². The third kappa shape index (κ3) is 36.0. The van der Waals surface area contributed by atoms with Crippen LogP contribution in [0.2, 0.25) is 0 Å². The molecule has 0 fully saturated rings. The van der Waals surface area contributed by atoms with E-state index in [9.17, 15) is 0 Å². The van der Waals surface area contributed by atoms with Crippen molar-refractivity contribution in [2.45, 2.75) is 236 Å². The molecule has 108 heavy (non-hydrogen) atoms. The van der Waals surface area contributed by atoms with E-state index in [2.05, 4.69) is 317 Å². The van der Waals surface area contributed by atoms with Crippen molar-refractivity contribution in [3.8, 4) is 74.1 Å². The SMILES string of the molecule is C#Cc1cc(C(C)(C)C)ccn1.C#Cc1cc(C(C)(C)C)ncn1.C#Cc1cccc(C(C)(C)C)n1.C#Cc1ccnc(C(C)(C)C)n1.C#Cc1nccc(C(C)(C)C)n1.C#Cc1ncccc1C(C)(C)C.C=Cc1cc(C(C)(C)C)ncn1.C=Cc1ccnc(C(C)(C)C)n1.C=Cc1nccc(C(C)(C)C)n1. The highest BCUT2D eigenvalue weighted by Crippen LogP contribution is 2.27. The summed E-state index contributed by atoms with van der Waals surface area (Å²) in [7, 11) is 0. The first kappa shape index (κ1) is 94.5. The summed E-state index contributed by atoms with van der Waals surface area (Å²) in [6, 6.07) is 24.9. The summed E-state index contributed by atoms with van der Waals surface area (Å²) in [6.45, 7) is 67.9. The van der Waals surface area contributed by atoms with Gasteiger partial charge in [-0.05, 0) is 119 Å². The van der Waals surface area contributed by atoms with E-state index in [1.807, 2.05) is 72.8 Å². The summed E-state index contributed by atoms with van der Waals surface area (Å²) in [5.41, 5.74) is 13.2. The number of aromatic nitrogens is 15. The van der Waals surface area contributed by atoms with Crippen LogP contribution >= 0.6 is 0 Å². The van der Waals surface area contributed by atoms with Crippen molar-refractivity contribution in [2.24, 2.45) is 0 Å². The average Bonchev–Trinajstić information content (AvgIpc) is 0.805. The van der Waals surface area contributed by atoms with Crippen LogP contribution in [0.15, 0.2) is 148 Å². The largest absolute Gasteiger partial charge is 0.248 e. The molecule has 0 atom stereocenters. The van der Waals surface area contributed by atoms with Gasteiger partial charge in [-0.2, -0.15) is 0 Å². The van der Waals surface area contributed by atoms with Gasteiger partial charge in [0.05, 0.1) is 22.8 Å². The lowest BCUT2D eigenvalue weighted by atomic mass is 9.86. The predicted octanol–water partition coefficient (Wildman–Crippen LogP) is 19.6. The lowest BCUT2D eigenvalue weighted by Gasteiger charge is -2.19. The lowest BCUT2D eigenvalue weighted by Crippen LogP contribution is -2.16. The van der Waals surface area contributed by atoms with Gasteiger partial charge in [-0.1, -0.05) is 242 Å². The first-order valence-electron chi connectivity index (χ1n) is 35.4. The summed E-state index contributed by atoms with van der Waals surface area (Å²) < 4.78 is 0. The molecule has 0 unspecified atom stereocenters. The molecule has 0 aliphatic carbocycles. The highest BCUT2D eigenvalue weighted by Gasteiger charge is 2.22. The molecule has 0 aromatic carbocycles. The van der Waals surface area contributed by atoms with Crippen molar-refractivity contribution in [1.82, 2.24) is 74.8 Å². The van der Waals surface area contributed by atoms with E-state index >= 15 is 0 Å². The minimum Gasteiger partial charge on any atom is -0.248 e. The summed E-state index contributed by atoms with van der Waals surface area (Å²) in [5, 5.41) is 0. The van der Waals surface area contributed by atoms with Gasteiger partial charge in [0.2, 0.25) is 5.82 Å². The van der Waals surface area contributed by atoms with Gasteiger partial charge in [0.1, 0.15) is 52.8 Å². The van der Waals surface area contributed by atoms with Crippen LogP contribution in [0.5, 0.6) is 0 Å². The van der Waals surface area contributed by atoms with E-state index in [4.69, 9.17) is 38.5 Å². The Kier molecular flexibility index (Phi) is 37.3. The number of hydrogen-bond acceptors (Lipinski definition) is 15. The second kappa shape index (κ2) is 42.6. The van der Waals surface area contributed by atoms with Gasteiger partial charge in [-0.3, -0.25) is 0 Å². The van der Waals surface area contributed by atoms with Gasteiger partial charge >= 0.3 is 0 Å². The third-order valence-electron chi connectivity index (χ3n) is 14.7. The molecule has 9 aromatic rings. The molecule has 9 aromatic heterocycles. The van der Waals surface area contributed by atoms with E-state index in [0.717, 1.165) is 62.8 Å². The van der Waals surface area contributed by atoms with Gasteiger partial charge in [0, 0.05) is 92.2 Å². The standard InChI is InChI=1S/3C11H13N.C10H14N2.C10H12N2.C10H14N2.C10H12N2.C10H14N2.C10H12N2/c1-5-10-8-9(6-7-12-10)11(2,3)4;1-5-10-9(11(2,3)4)7-6-8-12-10;1-5-9-7-6-8-10(12-9)11(2,3)4;2*1-5-8-6-9(10(2,3)4)12-7-11-8;2*1-5-9-11-7-6-8(12-9)10(2,3)4;2*1-5-8-6-7-11-9(12-8)10(2,3)4/h3*1,6-8H,2-4H3;5-7H,1H2,2-4H3;1,6-7H,2-4H3;5-7H,1H2,2-4H3;1,6-7H,2-4H3;5-7H,1H2,2-4H3;1,6-7H,2-4H3. The smallest absolute Gasteiger partial charge is 0.204 e. The molecule has 0 saturated carbocycles. The quantitative estimate of drug-likeness (QED) is 0.152. The van der Waals surface area contributed by atoms with Crippen LogP contribution in [0.1, 0.15) is 290 Å². The van der Waals surface area contributed by atoms with Crippen LogP contribution in [-0.4, -0.2) is 74.8 Å². The zero-order valence-electron chi connectivity index (χ0n) is 69.7. The van der Waals surface area contributed by atoms with Gasteiger partial charge in [0.25, 0.3) is 0 Å². The molecule has 15 heteroatoms. The molecule has 564 valence electrons. The maximum Gasteiger partial charge on any atom is 0.204 e. The fourth-order valence-corrected chi connectivity index (χ4v) is 8.16. The van der Waals surface area contributed by atoms with Gasteiger partial charge in [0.15, 0.2) is 5.82 Å². The summed E-state index contributed by atoms with van der Waals surface area (Å²) in [6.07, 6.45) is 50.1. The second-order valence-electron chi connectivity index (χ2n) is 33.7. The highest BCUT2D eigenvalue weighted by molar-refractivity contribution is 5.43. The maximum absolute atomic E-state index is 5.33. The van der Waals surface area contributed by atoms with Crippen LogP contribution in [-0.2, 0) is 48.7 Å². The van der Waals surface area contributed by atoms with Crippen LogP contribution in [0.4, 0.5) is 0 Å². The highest BCUT2D eigenvalue weighted by atomic mass is 14.9. The fraction of sp³-hybridized carbons (Fsp3) is 0.387. The Morgan fingerprint density at radius 3 is 1.20 bits per heavy atom. The monoisotopic (exact) mass is 1440 g/mol. The number of pyridine rings is 3. The van der Waals surface area contributed by atoms with E-state index in [0.29, 0.717) is 34.4 Å². The Morgan fingerprint density at radius 2 is 0.741 bits per heavy atom. The number of hydrogen-bond donors (Lipinski definition) is 0. The molecular weight excluding hydrogens is 1330 g/mol. The molecule has 9 heterocycles. The zero-order valence-corrected chi connectivity index (χ0v) is 69.7. The summed E-state index contributed by atoms with van der Waals surface area (Å²) in [5.74, 6) is 17.8. The van der Waals surface area contributed by atoms with Crippen LogP contribution in [0.25, 0.3) is 18.2 Å². The number of nitrogens with zero attached hydrogens (tertiary/aromatic N) is 15. The molecule has 0 spiro atoms. The molecule has 9 rings (SSSR count). The minimum absolute atomic E-state index is 0.0129. The van der Waals surface area contributed by atoms with Gasteiger partial charge in [-0.15, -0.1) is 38.5 Å². The van der Waals surface area contributed by atoms with Gasteiger partial charge in [-0.25, -0.2) is 74.8 Å². The minimum atomic E-state index is -0.0349. The first-order chi connectivity index (χ1) is 49.9. The zero-order chi connectivity index (χ0) is 82.7. The Hall–Kier alpha value is -11.5. The molecular formula is C93H117N15. The second-order valence-corrected chi connectivity index (χ2v) is 33.7. The molecule has 0 radical (unpaired) electrons. The Bertz CT molecular complexity index is 4070. The number of terminal acetylenes is 6. The van der Waals surface area contributed by atoms with E-state index in [1.54, 1.807) is 67.8 Å². The van der Waals surface area contributed by atoms with E-state index < -0.39 is 0 Å². The van der Waals surface area contributed by atoms with Crippen molar-refractivity contribution >= 4 is 18.2 Å². The molecule has 0 amide bonds. The molecule has 0 aliphatic heterocycles. The molecule has 0 N–H and O–H groups in total. The maximum atomic E-state index is 5.33. The third-order valence-corrected chi connectivity index (χ3v) is 14.7. The van der Waals surface area contributed by atoms with Crippen molar-refractivity contribution in [2.75, 3.05) is 0 Å². The molecule has 15 nitrogen and oxygen atoms in total. The fourth-order valence-electron chi connectivity index (χ4n) is 8.16. The Morgan fingerprint density at radius 1 is 0.287 bits per heavy atom. The summed E-state index contributed by atoms with van der Waals surface area (Å²) >= 11 is 0. The van der Waals surface area contributed by atoms with Crippen molar-refractivity contribution in [1.29, 1.82) is 0 Å². The van der Waals surface area contributed by atoms with Crippen LogP contribution in [0.3, 0.4) is 0 Å². The normalized spacial score (nSPS) is 11.0.